The van der Waals surface area contributed by atoms with Gasteiger partial charge in [-0.05, 0) is 41.5 Å². The van der Waals surface area contributed by atoms with E-state index in [0.29, 0.717) is 13.1 Å². The lowest BCUT2D eigenvalue weighted by Gasteiger charge is -2.34. The van der Waals surface area contributed by atoms with Crippen molar-refractivity contribution in [1.82, 2.24) is 5.32 Å². The van der Waals surface area contributed by atoms with E-state index in [1.165, 1.54) is 16.3 Å². The molecule has 1 unspecified atom stereocenters. The third-order valence-corrected chi connectivity index (χ3v) is 5.33. The number of ether oxygens (including phenoxy) is 1. The van der Waals surface area contributed by atoms with Crippen molar-refractivity contribution in [3.63, 3.8) is 0 Å². The molecule has 4 rings (SSSR count). The Bertz CT molecular complexity index is 1010. The second kappa shape index (κ2) is 7.52. The fourth-order valence-corrected chi connectivity index (χ4v) is 3.82. The van der Waals surface area contributed by atoms with Gasteiger partial charge in [-0.3, -0.25) is 0 Å². The summed E-state index contributed by atoms with van der Waals surface area (Å²) in [4.78, 5) is 13.2. The number of carboxylic acids is 1. The Labute approximate surface area is 164 Å². The average molecular weight is 376 g/mol. The van der Waals surface area contributed by atoms with Crippen LogP contribution >= 0.6 is 0 Å². The van der Waals surface area contributed by atoms with Crippen molar-refractivity contribution >= 4 is 22.4 Å². The first-order valence-corrected chi connectivity index (χ1v) is 9.49. The highest BCUT2D eigenvalue weighted by atomic mass is 16.5. The first-order chi connectivity index (χ1) is 13.5. The van der Waals surface area contributed by atoms with Gasteiger partial charge in [-0.2, -0.15) is 0 Å². The minimum absolute atomic E-state index is 0.00870. The van der Waals surface area contributed by atoms with Gasteiger partial charge in [0.25, 0.3) is 0 Å². The zero-order chi connectivity index (χ0) is 19.7. The van der Waals surface area contributed by atoms with Crippen LogP contribution in [0, 0.1) is 0 Å². The predicted octanol–water partition coefficient (Wildman–Crippen LogP) is 4.09. The average Bonchev–Trinajstić information content (AvgIpc) is 2.71. The Kier molecular flexibility index (Phi) is 4.92. The van der Waals surface area contributed by atoms with Crippen molar-refractivity contribution in [2.45, 2.75) is 19.1 Å². The monoisotopic (exact) mass is 376 g/mol. The third-order valence-electron chi connectivity index (χ3n) is 5.33. The number of aromatic carboxylic acids is 1. The number of benzene rings is 3. The summed E-state index contributed by atoms with van der Waals surface area (Å²) in [5.41, 5.74) is 2.36. The zero-order valence-corrected chi connectivity index (χ0v) is 16.1. The Morgan fingerprint density at radius 2 is 2.00 bits per heavy atom. The number of nitrogens with one attached hydrogen (secondary N) is 1. The lowest BCUT2D eigenvalue weighted by atomic mass is 9.99. The number of hydrogen-bond acceptors (Lipinski definition) is 4. The standard InChI is InChI=1S/C23H24N2O3/c1-15(19-9-5-7-16-6-3-4-8-20(16)19)24-13-18-14-25(2)21-12-17(23(26)27)10-11-22(21)28-18/h3-12,15,18,24H,13-14H2,1-2H3,(H,26,27)/t15-,18?/m1/s1. The van der Waals surface area contributed by atoms with Crippen molar-refractivity contribution in [3.8, 4) is 5.75 Å². The Morgan fingerprint density at radius 1 is 1.21 bits per heavy atom. The van der Waals surface area contributed by atoms with Gasteiger partial charge in [0.1, 0.15) is 11.9 Å². The van der Waals surface area contributed by atoms with Crippen molar-refractivity contribution in [2.75, 3.05) is 25.0 Å². The van der Waals surface area contributed by atoms with Crippen LogP contribution in [0.2, 0.25) is 0 Å². The number of nitrogens with zero attached hydrogens (tertiary/aromatic N) is 1. The van der Waals surface area contributed by atoms with Crippen LogP contribution in [0.1, 0.15) is 28.9 Å². The molecule has 1 aliphatic heterocycles. The van der Waals surface area contributed by atoms with E-state index in [2.05, 4.69) is 59.6 Å². The minimum atomic E-state index is -0.927. The highest BCUT2D eigenvalue weighted by molar-refractivity contribution is 5.89. The topological polar surface area (TPSA) is 61.8 Å². The summed E-state index contributed by atoms with van der Waals surface area (Å²) in [5.74, 6) is -0.202. The molecular formula is C23H24N2O3. The molecule has 5 heteroatoms. The molecule has 2 N–H and O–H groups in total. The molecule has 2 atom stereocenters. The first-order valence-electron chi connectivity index (χ1n) is 9.49. The Hall–Kier alpha value is -3.05. The van der Waals surface area contributed by atoms with E-state index in [1.807, 2.05) is 7.05 Å². The maximum atomic E-state index is 11.2. The lowest BCUT2D eigenvalue weighted by Crippen LogP contribution is -2.44. The molecule has 0 saturated carbocycles. The fourth-order valence-electron chi connectivity index (χ4n) is 3.82. The molecule has 144 valence electrons. The van der Waals surface area contributed by atoms with Crippen LogP contribution in [0.4, 0.5) is 5.69 Å². The molecule has 3 aromatic rings. The van der Waals surface area contributed by atoms with Gasteiger partial charge in [-0.25, -0.2) is 4.79 Å². The van der Waals surface area contributed by atoms with E-state index in [9.17, 15) is 9.90 Å². The number of hydrogen-bond donors (Lipinski definition) is 2. The smallest absolute Gasteiger partial charge is 0.335 e. The van der Waals surface area contributed by atoms with Crippen LogP contribution < -0.4 is 15.0 Å². The SMILES string of the molecule is C[C@@H](NCC1CN(C)c2cc(C(=O)O)ccc2O1)c1cccc2ccccc12. The van der Waals surface area contributed by atoms with Crippen molar-refractivity contribution in [3.05, 3.63) is 71.8 Å². The van der Waals surface area contributed by atoms with E-state index in [1.54, 1.807) is 18.2 Å². The van der Waals surface area contributed by atoms with Gasteiger partial charge in [0, 0.05) is 19.6 Å². The van der Waals surface area contributed by atoms with Gasteiger partial charge >= 0.3 is 5.97 Å². The maximum Gasteiger partial charge on any atom is 0.335 e. The molecule has 0 bridgehead atoms. The van der Waals surface area contributed by atoms with Gasteiger partial charge in [0.15, 0.2) is 0 Å². The molecule has 0 radical (unpaired) electrons. The maximum absolute atomic E-state index is 11.2. The minimum Gasteiger partial charge on any atom is -0.485 e. The Morgan fingerprint density at radius 3 is 2.82 bits per heavy atom. The quantitative estimate of drug-likeness (QED) is 0.702. The van der Waals surface area contributed by atoms with E-state index < -0.39 is 5.97 Å². The number of likely N-dealkylation sites (N-methyl/N-ethyl adjacent to an activating group) is 1. The van der Waals surface area contributed by atoms with Gasteiger partial charge < -0.3 is 20.1 Å². The van der Waals surface area contributed by atoms with Crippen LogP contribution in [0.15, 0.2) is 60.7 Å². The molecule has 1 aliphatic rings. The van der Waals surface area contributed by atoms with Gasteiger partial charge in [-0.1, -0.05) is 42.5 Å². The predicted molar refractivity (Wildman–Crippen MR) is 111 cm³/mol. The molecule has 0 amide bonds. The Balaban J connectivity index is 1.46. The highest BCUT2D eigenvalue weighted by Gasteiger charge is 2.25. The molecule has 5 nitrogen and oxygen atoms in total. The molecule has 1 heterocycles. The summed E-state index contributed by atoms with van der Waals surface area (Å²) in [6.07, 6.45) is -0.00870. The second-order valence-electron chi connectivity index (χ2n) is 7.31. The van der Waals surface area contributed by atoms with E-state index >= 15 is 0 Å². The molecule has 0 fully saturated rings. The van der Waals surface area contributed by atoms with Gasteiger partial charge in [-0.15, -0.1) is 0 Å². The number of carbonyl (C=O) groups is 1. The zero-order valence-electron chi connectivity index (χ0n) is 16.1. The number of anilines is 1. The normalized spacial score (nSPS) is 17.1. The summed E-state index contributed by atoms with van der Waals surface area (Å²) in [6.45, 7) is 3.57. The number of rotatable bonds is 5. The van der Waals surface area contributed by atoms with Crippen LogP contribution in [-0.2, 0) is 0 Å². The van der Waals surface area contributed by atoms with E-state index in [0.717, 1.165) is 11.4 Å². The molecule has 0 saturated heterocycles. The van der Waals surface area contributed by atoms with Crippen molar-refractivity contribution in [1.29, 1.82) is 0 Å². The summed E-state index contributed by atoms with van der Waals surface area (Å²) in [7, 11) is 1.97. The first kappa shape index (κ1) is 18.3. The third kappa shape index (κ3) is 3.53. The summed E-state index contributed by atoms with van der Waals surface area (Å²) in [5, 5.41) is 15.3. The molecule has 0 aliphatic carbocycles. The molecule has 28 heavy (non-hydrogen) atoms. The fraction of sp³-hybridized carbons (Fsp3) is 0.261. The van der Waals surface area contributed by atoms with E-state index in [4.69, 9.17) is 4.74 Å². The largest absolute Gasteiger partial charge is 0.485 e. The van der Waals surface area contributed by atoms with Crippen LogP contribution in [0.25, 0.3) is 10.8 Å². The summed E-state index contributed by atoms with van der Waals surface area (Å²) >= 11 is 0. The van der Waals surface area contributed by atoms with Crippen molar-refractivity contribution in [2.24, 2.45) is 0 Å². The summed E-state index contributed by atoms with van der Waals surface area (Å²) < 4.78 is 6.11. The van der Waals surface area contributed by atoms with Crippen LogP contribution in [0.5, 0.6) is 5.75 Å². The van der Waals surface area contributed by atoms with Gasteiger partial charge in [0.05, 0.1) is 17.8 Å². The van der Waals surface area contributed by atoms with Gasteiger partial charge in [0.2, 0.25) is 0 Å². The lowest BCUT2D eigenvalue weighted by molar-refractivity contribution is 0.0697. The molecule has 0 spiro atoms. The second-order valence-corrected chi connectivity index (χ2v) is 7.31. The van der Waals surface area contributed by atoms with Crippen molar-refractivity contribution < 1.29 is 14.6 Å². The molecule has 0 aromatic heterocycles. The summed E-state index contributed by atoms with van der Waals surface area (Å²) in [6, 6.07) is 20.0. The molecular weight excluding hydrogens is 352 g/mol. The number of fused-ring (bicyclic) bond motifs is 2. The van der Waals surface area contributed by atoms with Crippen LogP contribution in [-0.4, -0.2) is 37.3 Å². The molecule has 3 aromatic carbocycles. The number of carboxylic acid groups (broad SMARTS) is 1. The van der Waals surface area contributed by atoms with Crippen LogP contribution in [0.3, 0.4) is 0 Å². The highest BCUT2D eigenvalue weighted by Crippen LogP contribution is 2.33. The van der Waals surface area contributed by atoms with E-state index in [-0.39, 0.29) is 17.7 Å².